The van der Waals surface area contributed by atoms with Crippen molar-refractivity contribution in [1.82, 2.24) is 19.4 Å². The topological polar surface area (TPSA) is 97.5 Å². The van der Waals surface area contributed by atoms with Crippen molar-refractivity contribution >= 4 is 39.2 Å². The van der Waals surface area contributed by atoms with Gasteiger partial charge in [0, 0.05) is 41.9 Å². The number of amides is 1. The molecule has 1 saturated heterocycles. The maximum Gasteiger partial charge on any atom is 0.407 e. The van der Waals surface area contributed by atoms with Gasteiger partial charge >= 0.3 is 6.09 Å². The molecule has 174 valence electrons. The summed E-state index contributed by atoms with van der Waals surface area (Å²) >= 11 is 7.39. The van der Waals surface area contributed by atoms with E-state index in [2.05, 4.69) is 9.97 Å². The number of piperidine rings is 1. The Morgan fingerprint density at radius 1 is 1.18 bits per heavy atom. The molecule has 1 aliphatic rings. The first kappa shape index (κ1) is 22.4. The number of pyridine rings is 1. The Balaban J connectivity index is 1.32. The summed E-state index contributed by atoms with van der Waals surface area (Å²) in [5.74, 6) is 0.467. The largest absolute Gasteiger partial charge is 0.474 e. The van der Waals surface area contributed by atoms with Crippen molar-refractivity contribution in [2.75, 3.05) is 13.1 Å². The van der Waals surface area contributed by atoms with Crippen LogP contribution >= 0.6 is 22.9 Å². The van der Waals surface area contributed by atoms with Crippen LogP contribution in [0.4, 0.5) is 4.79 Å². The molecule has 5 rings (SSSR count). The van der Waals surface area contributed by atoms with Gasteiger partial charge in [-0.1, -0.05) is 29.8 Å². The number of ether oxygens (including phenoxy) is 1. The molecule has 3 aromatic heterocycles. The fourth-order valence-corrected chi connectivity index (χ4v) is 5.13. The van der Waals surface area contributed by atoms with Crippen LogP contribution in [0.5, 0.6) is 5.88 Å². The third-order valence-corrected chi connectivity index (χ3v) is 7.16. The van der Waals surface area contributed by atoms with Crippen molar-refractivity contribution in [1.29, 1.82) is 0 Å². The molecular weight excluding hydrogens is 476 g/mol. The van der Waals surface area contributed by atoms with E-state index in [-0.39, 0.29) is 18.2 Å². The highest BCUT2D eigenvalue weighted by atomic mass is 35.5. The molecule has 0 atom stereocenters. The van der Waals surface area contributed by atoms with Crippen LogP contribution in [0.25, 0.3) is 20.7 Å². The first-order valence-electron chi connectivity index (χ1n) is 10.8. The van der Waals surface area contributed by atoms with Crippen LogP contribution in [-0.4, -0.2) is 49.8 Å². The van der Waals surface area contributed by atoms with Gasteiger partial charge in [-0.3, -0.25) is 9.36 Å². The Labute approximate surface area is 204 Å². The third-order valence-electron chi connectivity index (χ3n) is 5.75. The SMILES string of the molecule is O=C(O)N1CCC(Oc2cccc(Cn3cnc4cc(-c5ccc(Cl)cc5)sc4c3=O)n2)CC1. The van der Waals surface area contributed by atoms with E-state index >= 15 is 0 Å². The van der Waals surface area contributed by atoms with Crippen molar-refractivity contribution in [2.24, 2.45) is 0 Å². The van der Waals surface area contributed by atoms with Crippen LogP contribution in [0.1, 0.15) is 18.5 Å². The molecule has 0 unspecified atom stereocenters. The average molecular weight is 497 g/mol. The zero-order valence-electron chi connectivity index (χ0n) is 18.1. The highest BCUT2D eigenvalue weighted by molar-refractivity contribution is 7.22. The number of thiophene rings is 1. The predicted octanol–water partition coefficient (Wildman–Crippen LogP) is 4.74. The number of rotatable bonds is 5. The lowest BCUT2D eigenvalue weighted by atomic mass is 10.1. The Morgan fingerprint density at radius 3 is 2.68 bits per heavy atom. The number of aromatic nitrogens is 3. The van der Waals surface area contributed by atoms with E-state index in [1.54, 1.807) is 17.0 Å². The summed E-state index contributed by atoms with van der Waals surface area (Å²) in [6.45, 7) is 1.16. The van der Waals surface area contributed by atoms with Crippen LogP contribution in [0.2, 0.25) is 5.02 Å². The summed E-state index contributed by atoms with van der Waals surface area (Å²) in [6.07, 6.45) is 1.79. The molecule has 0 saturated carbocycles. The molecule has 1 aromatic carbocycles. The first-order chi connectivity index (χ1) is 16.5. The fraction of sp³-hybridized carbons (Fsp3) is 0.250. The third kappa shape index (κ3) is 4.76. The minimum absolute atomic E-state index is 0.0866. The fourth-order valence-electron chi connectivity index (χ4n) is 3.94. The van der Waals surface area contributed by atoms with Gasteiger partial charge in [0.25, 0.3) is 5.56 Å². The van der Waals surface area contributed by atoms with Gasteiger partial charge in [0.15, 0.2) is 0 Å². The molecule has 1 amide bonds. The number of benzene rings is 1. The van der Waals surface area contributed by atoms with E-state index < -0.39 is 6.09 Å². The molecular formula is C24H21ClN4O4S. The Bertz CT molecular complexity index is 1390. The number of hydrogen-bond acceptors (Lipinski definition) is 6. The number of likely N-dealkylation sites (tertiary alicyclic amines) is 1. The van der Waals surface area contributed by atoms with Crippen molar-refractivity contribution < 1.29 is 14.6 Å². The van der Waals surface area contributed by atoms with E-state index in [1.165, 1.54) is 16.2 Å². The van der Waals surface area contributed by atoms with Gasteiger partial charge in [-0.15, -0.1) is 11.3 Å². The summed E-state index contributed by atoms with van der Waals surface area (Å²) in [5.41, 5.74) is 2.20. The molecule has 1 fully saturated rings. The predicted molar refractivity (Wildman–Crippen MR) is 131 cm³/mol. The standard InChI is InChI=1S/C24H21ClN4O4S/c25-16-6-4-15(5-7-16)20-12-19-22(34-20)23(30)29(14-26-19)13-17-2-1-3-21(27-17)33-18-8-10-28(11-9-18)24(31)32/h1-7,12,14,18H,8-11,13H2,(H,31,32). The van der Waals surface area contributed by atoms with Gasteiger partial charge in [0.1, 0.15) is 10.8 Å². The van der Waals surface area contributed by atoms with Gasteiger partial charge in [-0.05, 0) is 29.8 Å². The molecule has 1 N–H and O–H groups in total. The molecule has 4 aromatic rings. The normalized spacial score (nSPS) is 14.4. The molecule has 8 nitrogen and oxygen atoms in total. The van der Waals surface area contributed by atoms with E-state index in [9.17, 15) is 9.59 Å². The maximum atomic E-state index is 13.1. The minimum atomic E-state index is -0.902. The number of halogens is 1. The molecule has 0 spiro atoms. The summed E-state index contributed by atoms with van der Waals surface area (Å²) in [4.78, 5) is 35.6. The second-order valence-corrected chi connectivity index (χ2v) is 9.55. The number of nitrogens with zero attached hydrogens (tertiary/aromatic N) is 4. The maximum absolute atomic E-state index is 13.1. The monoisotopic (exact) mass is 496 g/mol. The molecule has 0 bridgehead atoms. The molecule has 0 radical (unpaired) electrons. The van der Waals surface area contributed by atoms with Crippen molar-refractivity contribution in [2.45, 2.75) is 25.5 Å². The minimum Gasteiger partial charge on any atom is -0.474 e. The van der Waals surface area contributed by atoms with Crippen LogP contribution in [0, 0.1) is 0 Å². The quantitative estimate of drug-likeness (QED) is 0.428. The van der Waals surface area contributed by atoms with E-state index in [0.717, 1.165) is 10.4 Å². The Morgan fingerprint density at radius 2 is 1.94 bits per heavy atom. The van der Waals surface area contributed by atoms with Gasteiger partial charge in [0.2, 0.25) is 5.88 Å². The number of carbonyl (C=O) groups is 1. The smallest absolute Gasteiger partial charge is 0.407 e. The number of hydrogen-bond donors (Lipinski definition) is 1. The Hall–Kier alpha value is -3.43. The number of carboxylic acid groups (broad SMARTS) is 1. The molecule has 34 heavy (non-hydrogen) atoms. The summed E-state index contributed by atoms with van der Waals surface area (Å²) in [6, 6.07) is 14.9. The van der Waals surface area contributed by atoms with Crippen molar-refractivity contribution in [3.63, 3.8) is 0 Å². The number of fused-ring (bicyclic) bond motifs is 1. The van der Waals surface area contributed by atoms with Crippen LogP contribution < -0.4 is 10.3 Å². The molecule has 4 heterocycles. The zero-order valence-corrected chi connectivity index (χ0v) is 19.6. The van der Waals surface area contributed by atoms with Crippen LogP contribution in [0.3, 0.4) is 0 Å². The van der Waals surface area contributed by atoms with Crippen LogP contribution in [-0.2, 0) is 6.54 Å². The Kier molecular flexibility index (Phi) is 6.21. The highest BCUT2D eigenvalue weighted by Gasteiger charge is 2.23. The second kappa shape index (κ2) is 9.44. The van der Waals surface area contributed by atoms with E-state index in [4.69, 9.17) is 21.4 Å². The summed E-state index contributed by atoms with van der Waals surface area (Å²) < 4.78 is 8.11. The van der Waals surface area contributed by atoms with E-state index in [1.807, 2.05) is 42.5 Å². The molecule has 0 aliphatic carbocycles. The zero-order chi connectivity index (χ0) is 23.7. The molecule has 1 aliphatic heterocycles. The van der Waals surface area contributed by atoms with Gasteiger partial charge < -0.3 is 14.7 Å². The van der Waals surface area contributed by atoms with E-state index in [0.29, 0.717) is 52.7 Å². The lowest BCUT2D eigenvalue weighted by molar-refractivity contribution is 0.0870. The van der Waals surface area contributed by atoms with Gasteiger partial charge in [0.05, 0.1) is 24.1 Å². The first-order valence-corrected chi connectivity index (χ1v) is 12.0. The lowest BCUT2D eigenvalue weighted by Crippen LogP contribution is -2.41. The van der Waals surface area contributed by atoms with Gasteiger partial charge in [-0.2, -0.15) is 0 Å². The van der Waals surface area contributed by atoms with Crippen molar-refractivity contribution in [3.05, 3.63) is 75.9 Å². The highest BCUT2D eigenvalue weighted by Crippen LogP contribution is 2.31. The van der Waals surface area contributed by atoms with Crippen molar-refractivity contribution in [3.8, 4) is 16.3 Å². The lowest BCUT2D eigenvalue weighted by Gasteiger charge is -2.29. The van der Waals surface area contributed by atoms with Gasteiger partial charge in [-0.25, -0.2) is 14.8 Å². The van der Waals surface area contributed by atoms with Crippen LogP contribution in [0.15, 0.2) is 59.7 Å². The summed E-state index contributed by atoms with van der Waals surface area (Å²) in [5, 5.41) is 9.75. The second-order valence-electron chi connectivity index (χ2n) is 8.06. The molecule has 10 heteroatoms. The average Bonchev–Trinajstić information content (AvgIpc) is 3.27. The summed E-state index contributed by atoms with van der Waals surface area (Å²) in [7, 11) is 0.